The SMILES string of the molecule is COc1ccc([N+](=O)[O-])cc1/C=C1/SC(=O)N(CC(=O)Nc2ccc(F)cc2F)C1=O. The van der Waals surface area contributed by atoms with E-state index in [1.165, 1.54) is 31.4 Å². The third-order valence-corrected chi connectivity index (χ3v) is 5.00. The van der Waals surface area contributed by atoms with Gasteiger partial charge in [-0.1, -0.05) is 0 Å². The smallest absolute Gasteiger partial charge is 0.294 e. The number of amides is 3. The van der Waals surface area contributed by atoms with Crippen molar-refractivity contribution >= 4 is 46.3 Å². The number of carbonyl (C=O) groups excluding carboxylic acids is 3. The first-order valence-corrected chi connectivity index (χ1v) is 9.34. The summed E-state index contributed by atoms with van der Waals surface area (Å²) in [7, 11) is 1.34. The number of anilines is 1. The standard InChI is InChI=1S/C19H13F2N3O6S/c1-30-15-5-3-12(24(28)29)6-10(15)7-16-18(26)23(19(27)31-16)9-17(25)22-14-4-2-11(20)8-13(14)21/h2-8H,9H2,1H3,(H,22,25)/b16-7+. The number of hydrogen-bond acceptors (Lipinski definition) is 7. The number of halogens is 2. The number of nitrogens with one attached hydrogen (secondary N) is 1. The summed E-state index contributed by atoms with van der Waals surface area (Å²) >= 11 is 0.533. The minimum absolute atomic E-state index is 0.0791. The molecule has 0 saturated carbocycles. The Balaban J connectivity index is 1.78. The molecule has 0 aromatic heterocycles. The van der Waals surface area contributed by atoms with Crippen molar-refractivity contribution in [2.45, 2.75) is 0 Å². The first-order valence-electron chi connectivity index (χ1n) is 8.52. The summed E-state index contributed by atoms with van der Waals surface area (Å²) in [6, 6.07) is 6.26. The Kier molecular flexibility index (Phi) is 6.30. The molecule has 0 aliphatic carbocycles. The van der Waals surface area contributed by atoms with Gasteiger partial charge in [-0.3, -0.25) is 29.4 Å². The van der Waals surface area contributed by atoms with E-state index < -0.39 is 40.2 Å². The summed E-state index contributed by atoms with van der Waals surface area (Å²) in [5.41, 5.74) is -0.359. The summed E-state index contributed by atoms with van der Waals surface area (Å²) < 4.78 is 31.7. The van der Waals surface area contributed by atoms with Crippen molar-refractivity contribution in [3.63, 3.8) is 0 Å². The molecule has 1 N–H and O–H groups in total. The molecule has 1 fully saturated rings. The number of imide groups is 1. The van der Waals surface area contributed by atoms with Crippen LogP contribution in [0, 0.1) is 21.7 Å². The van der Waals surface area contributed by atoms with Gasteiger partial charge in [0, 0.05) is 23.8 Å². The van der Waals surface area contributed by atoms with E-state index in [0.29, 0.717) is 22.7 Å². The summed E-state index contributed by atoms with van der Waals surface area (Å²) in [6.07, 6.45) is 1.24. The average molecular weight is 449 g/mol. The van der Waals surface area contributed by atoms with Gasteiger partial charge in [-0.2, -0.15) is 0 Å². The highest BCUT2D eigenvalue weighted by Crippen LogP contribution is 2.35. The molecule has 9 nitrogen and oxygen atoms in total. The predicted octanol–water partition coefficient (Wildman–Crippen LogP) is 3.56. The van der Waals surface area contributed by atoms with Crippen LogP contribution in [0.15, 0.2) is 41.3 Å². The Bertz CT molecular complexity index is 1140. The molecule has 2 aromatic carbocycles. The first-order chi connectivity index (χ1) is 14.7. The molecule has 160 valence electrons. The maximum absolute atomic E-state index is 13.7. The molecule has 12 heteroatoms. The number of rotatable bonds is 6. The fraction of sp³-hybridized carbons (Fsp3) is 0.105. The van der Waals surface area contributed by atoms with Gasteiger partial charge in [0.2, 0.25) is 5.91 Å². The maximum Gasteiger partial charge on any atom is 0.294 e. The van der Waals surface area contributed by atoms with E-state index in [2.05, 4.69) is 5.32 Å². The number of thioether (sulfide) groups is 1. The molecule has 1 saturated heterocycles. The van der Waals surface area contributed by atoms with Crippen molar-refractivity contribution in [3.8, 4) is 5.75 Å². The van der Waals surface area contributed by atoms with Gasteiger partial charge < -0.3 is 10.1 Å². The van der Waals surface area contributed by atoms with Gasteiger partial charge >= 0.3 is 0 Å². The van der Waals surface area contributed by atoms with Crippen LogP contribution in [-0.4, -0.2) is 40.5 Å². The molecule has 0 atom stereocenters. The summed E-state index contributed by atoms with van der Waals surface area (Å²) in [5, 5.41) is 12.4. The number of non-ortho nitro benzene ring substituents is 1. The number of ether oxygens (including phenoxy) is 1. The molecule has 0 radical (unpaired) electrons. The largest absolute Gasteiger partial charge is 0.496 e. The van der Waals surface area contributed by atoms with Crippen molar-refractivity contribution in [1.29, 1.82) is 0 Å². The number of hydrogen-bond donors (Lipinski definition) is 1. The van der Waals surface area contributed by atoms with E-state index in [4.69, 9.17) is 4.74 Å². The molecule has 2 aromatic rings. The second-order valence-electron chi connectivity index (χ2n) is 6.12. The van der Waals surface area contributed by atoms with Crippen LogP contribution >= 0.6 is 11.8 Å². The molecule has 0 spiro atoms. The van der Waals surface area contributed by atoms with Crippen LogP contribution in [0.1, 0.15) is 5.56 Å². The molecule has 0 unspecified atom stereocenters. The maximum atomic E-state index is 13.7. The first kappa shape index (κ1) is 21.9. The minimum atomic E-state index is -1.01. The number of benzene rings is 2. The van der Waals surface area contributed by atoms with Crippen molar-refractivity contribution < 1.29 is 32.8 Å². The number of nitrogens with zero attached hydrogens (tertiary/aromatic N) is 2. The summed E-state index contributed by atoms with van der Waals surface area (Å²) in [4.78, 5) is 47.8. The zero-order valence-electron chi connectivity index (χ0n) is 15.8. The van der Waals surface area contributed by atoms with E-state index in [1.54, 1.807) is 0 Å². The van der Waals surface area contributed by atoms with Crippen LogP contribution in [0.4, 0.5) is 25.0 Å². The third-order valence-electron chi connectivity index (χ3n) is 4.09. The van der Waals surface area contributed by atoms with Crippen molar-refractivity contribution in [3.05, 3.63) is 68.6 Å². The fourth-order valence-electron chi connectivity index (χ4n) is 2.65. The normalized spacial score (nSPS) is 14.8. The Morgan fingerprint density at radius 1 is 1.26 bits per heavy atom. The fourth-order valence-corrected chi connectivity index (χ4v) is 3.48. The van der Waals surface area contributed by atoms with Gasteiger partial charge in [-0.25, -0.2) is 8.78 Å². The van der Waals surface area contributed by atoms with E-state index >= 15 is 0 Å². The van der Waals surface area contributed by atoms with Crippen LogP contribution in [-0.2, 0) is 9.59 Å². The zero-order chi connectivity index (χ0) is 22.7. The van der Waals surface area contributed by atoms with Gasteiger partial charge in [0.1, 0.15) is 23.9 Å². The van der Waals surface area contributed by atoms with E-state index in [0.717, 1.165) is 12.1 Å². The van der Waals surface area contributed by atoms with Crippen molar-refractivity contribution in [1.82, 2.24) is 4.90 Å². The van der Waals surface area contributed by atoms with E-state index in [1.807, 2.05) is 0 Å². The lowest BCUT2D eigenvalue weighted by atomic mass is 10.1. The minimum Gasteiger partial charge on any atom is -0.496 e. The molecule has 1 aliphatic rings. The Labute approximate surface area is 177 Å². The molecule has 3 amide bonds. The van der Waals surface area contributed by atoms with Crippen molar-refractivity contribution in [2.24, 2.45) is 0 Å². The van der Waals surface area contributed by atoms with Crippen LogP contribution < -0.4 is 10.1 Å². The molecule has 1 aliphatic heterocycles. The van der Waals surface area contributed by atoms with Gasteiger partial charge in [0.15, 0.2) is 0 Å². The summed E-state index contributed by atoms with van der Waals surface area (Å²) in [6.45, 7) is -0.703. The van der Waals surface area contributed by atoms with Crippen molar-refractivity contribution in [2.75, 3.05) is 19.0 Å². The average Bonchev–Trinajstić information content (AvgIpc) is 2.97. The lowest BCUT2D eigenvalue weighted by Crippen LogP contribution is -2.36. The van der Waals surface area contributed by atoms with Crippen LogP contribution in [0.2, 0.25) is 0 Å². The third kappa shape index (κ3) is 4.86. The highest BCUT2D eigenvalue weighted by atomic mass is 32.2. The van der Waals surface area contributed by atoms with Gasteiger partial charge in [0.25, 0.3) is 16.8 Å². The lowest BCUT2D eigenvalue weighted by molar-refractivity contribution is -0.384. The zero-order valence-corrected chi connectivity index (χ0v) is 16.6. The topological polar surface area (TPSA) is 119 Å². The molecule has 0 bridgehead atoms. The molecular weight excluding hydrogens is 436 g/mol. The Hall–Kier alpha value is -3.80. The Morgan fingerprint density at radius 3 is 2.65 bits per heavy atom. The number of nitro benzene ring substituents is 1. The van der Waals surface area contributed by atoms with E-state index in [-0.39, 0.29) is 27.6 Å². The molecule has 3 rings (SSSR count). The second-order valence-corrected chi connectivity index (χ2v) is 7.12. The number of nitro groups is 1. The van der Waals surface area contributed by atoms with Gasteiger partial charge in [0.05, 0.1) is 22.6 Å². The highest BCUT2D eigenvalue weighted by Gasteiger charge is 2.36. The summed E-state index contributed by atoms with van der Waals surface area (Å²) in [5.74, 6) is -3.29. The van der Waals surface area contributed by atoms with E-state index in [9.17, 15) is 33.3 Å². The second kappa shape index (κ2) is 8.92. The van der Waals surface area contributed by atoms with Gasteiger partial charge in [-0.15, -0.1) is 0 Å². The quantitative estimate of drug-likeness (QED) is 0.407. The van der Waals surface area contributed by atoms with Crippen LogP contribution in [0.5, 0.6) is 5.75 Å². The predicted molar refractivity (Wildman–Crippen MR) is 107 cm³/mol. The molecule has 1 heterocycles. The molecular formula is C19H13F2N3O6S. The van der Waals surface area contributed by atoms with Gasteiger partial charge in [-0.05, 0) is 36.0 Å². The van der Waals surface area contributed by atoms with Crippen LogP contribution in [0.3, 0.4) is 0 Å². The highest BCUT2D eigenvalue weighted by molar-refractivity contribution is 8.18. The van der Waals surface area contributed by atoms with Crippen LogP contribution in [0.25, 0.3) is 6.08 Å². The monoisotopic (exact) mass is 449 g/mol. The number of methoxy groups -OCH3 is 1. The molecule has 31 heavy (non-hydrogen) atoms. The number of carbonyl (C=O) groups is 3. The lowest BCUT2D eigenvalue weighted by Gasteiger charge is -2.13. The Morgan fingerprint density at radius 2 is 2.00 bits per heavy atom.